The van der Waals surface area contributed by atoms with Gasteiger partial charge in [-0.1, -0.05) is 56.0 Å². The molecule has 0 aromatic heterocycles. The van der Waals surface area contributed by atoms with Gasteiger partial charge in [0, 0.05) is 5.56 Å². The van der Waals surface area contributed by atoms with Crippen LogP contribution in [0.15, 0.2) is 30.3 Å². The molecule has 136 valence electrons. The Labute approximate surface area is 149 Å². The molecule has 3 rings (SSSR count). The van der Waals surface area contributed by atoms with Crippen molar-refractivity contribution in [3.63, 3.8) is 0 Å². The number of carbonyl (C=O) groups is 2. The van der Waals surface area contributed by atoms with Gasteiger partial charge in [0.15, 0.2) is 5.78 Å². The third-order valence-corrected chi connectivity index (χ3v) is 5.47. The Morgan fingerprint density at radius 3 is 2.56 bits per heavy atom. The molecule has 1 saturated heterocycles. The van der Waals surface area contributed by atoms with Gasteiger partial charge >= 0.3 is 5.97 Å². The van der Waals surface area contributed by atoms with Crippen LogP contribution in [0.25, 0.3) is 0 Å². The molecule has 25 heavy (non-hydrogen) atoms. The molecule has 0 amide bonds. The Morgan fingerprint density at radius 1 is 1.16 bits per heavy atom. The van der Waals surface area contributed by atoms with Crippen molar-refractivity contribution < 1.29 is 19.1 Å². The first kappa shape index (κ1) is 18.1. The second-order valence-corrected chi connectivity index (χ2v) is 7.26. The second kappa shape index (κ2) is 8.61. The van der Waals surface area contributed by atoms with Crippen LogP contribution < -0.4 is 0 Å². The van der Waals surface area contributed by atoms with E-state index in [-0.39, 0.29) is 36.3 Å². The summed E-state index contributed by atoms with van der Waals surface area (Å²) in [4.78, 5) is 24.9. The number of rotatable bonds is 7. The van der Waals surface area contributed by atoms with E-state index in [2.05, 4.69) is 0 Å². The molecule has 1 aromatic carbocycles. The number of benzene rings is 1. The fraction of sp³-hybridized carbons (Fsp3) is 0.619. The minimum Gasteiger partial charge on any atom is -0.466 e. The molecule has 0 radical (unpaired) electrons. The standard InChI is InChI=1S/C21H28O4/c1-2-24-20(22)14-19-18(21(23)16-10-4-3-5-11-16)13-17(25-19)12-15-8-6-7-9-15/h3-5,10-11,15,17-19H,2,6-9,12-14H2,1H3/t17-,18-,19+/m1/s1. The van der Waals surface area contributed by atoms with Gasteiger partial charge in [-0.15, -0.1) is 0 Å². The summed E-state index contributed by atoms with van der Waals surface area (Å²) in [7, 11) is 0. The predicted molar refractivity (Wildman–Crippen MR) is 95.4 cm³/mol. The summed E-state index contributed by atoms with van der Waals surface area (Å²) in [6, 6.07) is 9.34. The van der Waals surface area contributed by atoms with Gasteiger partial charge in [-0.3, -0.25) is 9.59 Å². The Balaban J connectivity index is 1.69. The Hall–Kier alpha value is -1.68. The SMILES string of the molecule is CCOC(=O)C[C@@H]1O[C@H](CC2CCCC2)C[C@H]1C(=O)c1ccccc1. The lowest BCUT2D eigenvalue weighted by Gasteiger charge is -2.17. The number of esters is 1. The van der Waals surface area contributed by atoms with Crippen molar-refractivity contribution in [2.45, 2.75) is 64.1 Å². The summed E-state index contributed by atoms with van der Waals surface area (Å²) in [6.45, 7) is 2.15. The Kier molecular flexibility index (Phi) is 6.24. The highest BCUT2D eigenvalue weighted by Crippen LogP contribution is 2.38. The van der Waals surface area contributed by atoms with E-state index >= 15 is 0 Å². The first-order valence-electron chi connectivity index (χ1n) is 9.57. The molecular weight excluding hydrogens is 316 g/mol. The van der Waals surface area contributed by atoms with Crippen LogP contribution in [-0.4, -0.2) is 30.6 Å². The summed E-state index contributed by atoms with van der Waals surface area (Å²) < 4.78 is 11.2. The van der Waals surface area contributed by atoms with E-state index in [0.717, 1.165) is 6.42 Å². The highest BCUT2D eigenvalue weighted by molar-refractivity contribution is 5.98. The van der Waals surface area contributed by atoms with Crippen molar-refractivity contribution in [2.75, 3.05) is 6.61 Å². The smallest absolute Gasteiger partial charge is 0.308 e. The Morgan fingerprint density at radius 2 is 1.88 bits per heavy atom. The monoisotopic (exact) mass is 344 g/mol. The van der Waals surface area contributed by atoms with Crippen LogP contribution in [0.1, 0.15) is 62.2 Å². The third kappa shape index (κ3) is 4.69. The fourth-order valence-corrected chi connectivity index (χ4v) is 4.27. The zero-order valence-electron chi connectivity index (χ0n) is 15.0. The molecule has 1 aliphatic carbocycles. The quantitative estimate of drug-likeness (QED) is 0.550. The molecule has 1 heterocycles. The maximum absolute atomic E-state index is 12.9. The van der Waals surface area contributed by atoms with Gasteiger partial charge in [0.1, 0.15) is 0 Å². The molecule has 2 aliphatic rings. The Bertz CT molecular complexity index is 577. The average molecular weight is 344 g/mol. The van der Waals surface area contributed by atoms with E-state index in [9.17, 15) is 9.59 Å². The molecule has 2 fully saturated rings. The summed E-state index contributed by atoms with van der Waals surface area (Å²) >= 11 is 0. The van der Waals surface area contributed by atoms with Crippen LogP contribution in [0.2, 0.25) is 0 Å². The molecule has 3 atom stereocenters. The zero-order valence-corrected chi connectivity index (χ0v) is 15.0. The van der Waals surface area contributed by atoms with Crippen molar-refractivity contribution in [2.24, 2.45) is 11.8 Å². The molecule has 0 N–H and O–H groups in total. The van der Waals surface area contributed by atoms with E-state index in [4.69, 9.17) is 9.47 Å². The van der Waals surface area contributed by atoms with Crippen LogP contribution >= 0.6 is 0 Å². The first-order chi connectivity index (χ1) is 12.2. The largest absolute Gasteiger partial charge is 0.466 e. The summed E-state index contributed by atoms with van der Waals surface area (Å²) in [5.41, 5.74) is 0.700. The summed E-state index contributed by atoms with van der Waals surface area (Å²) in [5.74, 6) is 0.265. The van der Waals surface area contributed by atoms with Gasteiger partial charge in [0.2, 0.25) is 0 Å². The number of ether oxygens (including phenoxy) is 2. The van der Waals surface area contributed by atoms with Crippen LogP contribution in [0, 0.1) is 11.8 Å². The van der Waals surface area contributed by atoms with E-state index in [1.165, 1.54) is 25.7 Å². The molecule has 0 spiro atoms. The van der Waals surface area contributed by atoms with Crippen molar-refractivity contribution >= 4 is 11.8 Å². The molecule has 4 nitrogen and oxygen atoms in total. The number of Topliss-reactive ketones (excluding diaryl/α,β-unsaturated/α-hetero) is 1. The second-order valence-electron chi connectivity index (χ2n) is 7.26. The van der Waals surface area contributed by atoms with Gasteiger partial charge < -0.3 is 9.47 Å². The lowest BCUT2D eigenvalue weighted by atomic mass is 9.87. The van der Waals surface area contributed by atoms with Crippen molar-refractivity contribution in [3.8, 4) is 0 Å². The van der Waals surface area contributed by atoms with E-state index in [0.29, 0.717) is 24.5 Å². The molecule has 1 aliphatic heterocycles. The van der Waals surface area contributed by atoms with E-state index in [1.807, 2.05) is 30.3 Å². The number of ketones is 1. The highest BCUT2D eigenvalue weighted by atomic mass is 16.5. The zero-order chi connectivity index (χ0) is 17.6. The fourth-order valence-electron chi connectivity index (χ4n) is 4.27. The van der Waals surface area contributed by atoms with E-state index < -0.39 is 0 Å². The van der Waals surface area contributed by atoms with Gasteiger partial charge in [-0.25, -0.2) is 0 Å². The van der Waals surface area contributed by atoms with Crippen molar-refractivity contribution in [3.05, 3.63) is 35.9 Å². The van der Waals surface area contributed by atoms with Gasteiger partial charge in [0.25, 0.3) is 0 Å². The van der Waals surface area contributed by atoms with Gasteiger partial charge in [-0.05, 0) is 25.7 Å². The van der Waals surface area contributed by atoms with E-state index in [1.54, 1.807) is 6.92 Å². The highest BCUT2D eigenvalue weighted by Gasteiger charge is 2.41. The molecule has 0 bridgehead atoms. The minimum atomic E-state index is -0.363. The first-order valence-corrected chi connectivity index (χ1v) is 9.57. The van der Waals surface area contributed by atoms with Gasteiger partial charge in [0.05, 0.1) is 31.2 Å². The maximum Gasteiger partial charge on any atom is 0.308 e. The van der Waals surface area contributed by atoms with Gasteiger partial charge in [-0.2, -0.15) is 0 Å². The van der Waals surface area contributed by atoms with Crippen LogP contribution in [-0.2, 0) is 14.3 Å². The number of hydrogen-bond donors (Lipinski definition) is 0. The van der Waals surface area contributed by atoms with Crippen LogP contribution in [0.4, 0.5) is 0 Å². The maximum atomic E-state index is 12.9. The summed E-state index contributed by atoms with van der Waals surface area (Å²) in [6.07, 6.45) is 6.74. The van der Waals surface area contributed by atoms with Crippen LogP contribution in [0.3, 0.4) is 0 Å². The lowest BCUT2D eigenvalue weighted by molar-refractivity contribution is -0.146. The topological polar surface area (TPSA) is 52.6 Å². The normalized spacial score (nSPS) is 26.7. The molecule has 0 unspecified atom stereocenters. The summed E-state index contributed by atoms with van der Waals surface area (Å²) in [5, 5.41) is 0. The van der Waals surface area contributed by atoms with Crippen molar-refractivity contribution in [1.29, 1.82) is 0 Å². The average Bonchev–Trinajstić information content (AvgIpc) is 3.25. The van der Waals surface area contributed by atoms with Crippen LogP contribution in [0.5, 0.6) is 0 Å². The number of carbonyl (C=O) groups excluding carboxylic acids is 2. The molecule has 1 saturated carbocycles. The molecular formula is C21H28O4. The molecule has 1 aromatic rings. The lowest BCUT2D eigenvalue weighted by Crippen LogP contribution is -2.27. The third-order valence-electron chi connectivity index (χ3n) is 5.47. The molecule has 4 heteroatoms. The predicted octanol–water partition coefficient (Wildman–Crippen LogP) is 4.18. The minimum absolute atomic E-state index is 0.0835. The van der Waals surface area contributed by atoms with Crippen molar-refractivity contribution in [1.82, 2.24) is 0 Å². The number of hydrogen-bond acceptors (Lipinski definition) is 4.